The van der Waals surface area contributed by atoms with Crippen molar-refractivity contribution in [2.75, 3.05) is 5.32 Å². The summed E-state index contributed by atoms with van der Waals surface area (Å²) in [5, 5.41) is 3.06. The van der Waals surface area contributed by atoms with Crippen molar-refractivity contribution in [2.45, 2.75) is 12.4 Å². The molecule has 0 unspecified atom stereocenters. The first kappa shape index (κ1) is 22.3. The molecular weight excluding hydrogens is 444 g/mol. The largest absolute Gasteiger partial charge is 0.416 e. The minimum atomic E-state index is -4.66. The van der Waals surface area contributed by atoms with Crippen LogP contribution in [0.1, 0.15) is 11.1 Å². The van der Waals surface area contributed by atoms with Gasteiger partial charge in [0.05, 0.1) is 22.5 Å². The van der Waals surface area contributed by atoms with Crippen LogP contribution in [0.25, 0.3) is 22.5 Å². The zero-order valence-corrected chi connectivity index (χ0v) is 16.7. The van der Waals surface area contributed by atoms with Gasteiger partial charge in [-0.05, 0) is 48.5 Å². The van der Waals surface area contributed by atoms with E-state index in [1.807, 2.05) is 0 Å². The molecule has 0 saturated carbocycles. The molecular formula is C24H15F6N3. The number of halogens is 6. The highest BCUT2D eigenvalue weighted by Crippen LogP contribution is 2.36. The lowest BCUT2D eigenvalue weighted by molar-refractivity contribution is -0.138. The minimum absolute atomic E-state index is 0.0318. The van der Waals surface area contributed by atoms with E-state index in [9.17, 15) is 26.3 Å². The van der Waals surface area contributed by atoms with Crippen molar-refractivity contribution in [1.29, 1.82) is 0 Å². The predicted octanol–water partition coefficient (Wildman–Crippen LogP) is 7.59. The Kier molecular flexibility index (Phi) is 5.80. The Morgan fingerprint density at radius 1 is 0.606 bits per heavy atom. The van der Waals surface area contributed by atoms with Gasteiger partial charge in [-0.3, -0.25) is 0 Å². The maximum atomic E-state index is 13.6. The van der Waals surface area contributed by atoms with Crippen molar-refractivity contribution in [3.63, 3.8) is 0 Å². The number of alkyl halides is 6. The third-order valence-corrected chi connectivity index (χ3v) is 4.76. The van der Waals surface area contributed by atoms with Crippen LogP contribution >= 0.6 is 0 Å². The number of aromatic nitrogens is 2. The van der Waals surface area contributed by atoms with Crippen molar-refractivity contribution in [2.24, 2.45) is 0 Å². The third kappa shape index (κ3) is 5.31. The van der Waals surface area contributed by atoms with Crippen molar-refractivity contribution < 1.29 is 26.3 Å². The SMILES string of the molecule is FC(F)(F)c1ccc(-c2cc(C(F)(F)F)cc(-c3cccc(Nc4ccccn4)c3)n2)cc1. The highest BCUT2D eigenvalue weighted by molar-refractivity contribution is 5.71. The summed E-state index contributed by atoms with van der Waals surface area (Å²) in [4.78, 5) is 8.45. The van der Waals surface area contributed by atoms with Gasteiger partial charge in [0.1, 0.15) is 5.82 Å². The Balaban J connectivity index is 1.75. The molecule has 0 radical (unpaired) electrons. The molecule has 0 aliphatic rings. The number of rotatable bonds is 4. The Labute approximate surface area is 184 Å². The fourth-order valence-corrected chi connectivity index (χ4v) is 3.16. The summed E-state index contributed by atoms with van der Waals surface area (Å²) in [5.74, 6) is 0.553. The molecule has 0 bridgehead atoms. The van der Waals surface area contributed by atoms with Crippen LogP contribution in [0.5, 0.6) is 0 Å². The van der Waals surface area contributed by atoms with Crippen LogP contribution in [0.15, 0.2) is 85.1 Å². The van der Waals surface area contributed by atoms with Gasteiger partial charge in [0.2, 0.25) is 0 Å². The molecule has 1 N–H and O–H groups in total. The van der Waals surface area contributed by atoms with Gasteiger partial charge in [-0.15, -0.1) is 0 Å². The van der Waals surface area contributed by atoms with E-state index in [1.54, 1.807) is 48.7 Å². The van der Waals surface area contributed by atoms with Crippen LogP contribution in [-0.4, -0.2) is 9.97 Å². The fraction of sp³-hybridized carbons (Fsp3) is 0.0833. The average molecular weight is 459 g/mol. The number of benzene rings is 2. The molecule has 4 aromatic rings. The van der Waals surface area contributed by atoms with E-state index in [0.29, 0.717) is 17.1 Å². The Morgan fingerprint density at radius 2 is 1.27 bits per heavy atom. The first-order valence-electron chi connectivity index (χ1n) is 9.65. The quantitative estimate of drug-likeness (QED) is 0.320. The van der Waals surface area contributed by atoms with Gasteiger partial charge in [0, 0.05) is 23.0 Å². The van der Waals surface area contributed by atoms with Crippen LogP contribution in [0.4, 0.5) is 37.8 Å². The molecule has 33 heavy (non-hydrogen) atoms. The lowest BCUT2D eigenvalue weighted by Crippen LogP contribution is -2.07. The molecule has 3 nitrogen and oxygen atoms in total. The number of hydrogen-bond donors (Lipinski definition) is 1. The normalized spacial score (nSPS) is 11.9. The van der Waals surface area contributed by atoms with E-state index in [0.717, 1.165) is 36.4 Å². The highest BCUT2D eigenvalue weighted by atomic mass is 19.4. The number of nitrogens with zero attached hydrogens (tertiary/aromatic N) is 2. The van der Waals surface area contributed by atoms with Gasteiger partial charge in [-0.2, -0.15) is 26.3 Å². The van der Waals surface area contributed by atoms with Crippen LogP contribution in [-0.2, 0) is 12.4 Å². The standard InChI is InChI=1S/C24H15F6N3/c25-23(26,27)17-9-7-15(8-10-17)20-13-18(24(28,29)30)14-21(33-20)16-4-3-5-19(12-16)32-22-6-1-2-11-31-22/h1-14H,(H,31,32). The first-order valence-corrected chi connectivity index (χ1v) is 9.65. The van der Waals surface area contributed by atoms with E-state index in [-0.39, 0.29) is 17.0 Å². The molecule has 168 valence electrons. The Bertz CT molecular complexity index is 1250. The molecule has 2 heterocycles. The summed E-state index contributed by atoms with van der Waals surface area (Å²) in [6.45, 7) is 0. The minimum Gasteiger partial charge on any atom is -0.340 e. The lowest BCUT2D eigenvalue weighted by atomic mass is 10.0. The second-order valence-corrected chi connectivity index (χ2v) is 7.12. The summed E-state index contributed by atoms with van der Waals surface area (Å²) < 4.78 is 79.2. The van der Waals surface area contributed by atoms with Gasteiger partial charge in [-0.1, -0.05) is 30.3 Å². The Morgan fingerprint density at radius 3 is 1.88 bits per heavy atom. The van der Waals surface area contributed by atoms with Gasteiger partial charge in [0.25, 0.3) is 0 Å². The van der Waals surface area contributed by atoms with E-state index < -0.39 is 23.5 Å². The second-order valence-electron chi connectivity index (χ2n) is 7.12. The summed E-state index contributed by atoms with van der Waals surface area (Å²) in [6.07, 6.45) is -7.62. The maximum absolute atomic E-state index is 13.6. The molecule has 4 rings (SSSR count). The molecule has 0 saturated heterocycles. The summed E-state index contributed by atoms with van der Waals surface area (Å²) in [6, 6.07) is 17.4. The zero-order valence-electron chi connectivity index (χ0n) is 16.7. The monoisotopic (exact) mass is 459 g/mol. The number of pyridine rings is 2. The number of hydrogen-bond acceptors (Lipinski definition) is 3. The summed E-state index contributed by atoms with van der Waals surface area (Å²) in [7, 11) is 0. The van der Waals surface area contributed by atoms with Crippen LogP contribution in [0.3, 0.4) is 0 Å². The van der Waals surface area contributed by atoms with Gasteiger partial charge < -0.3 is 5.32 Å². The summed E-state index contributed by atoms with van der Waals surface area (Å²) in [5.41, 5.74) is -0.784. The van der Waals surface area contributed by atoms with Gasteiger partial charge in [0.15, 0.2) is 0 Å². The molecule has 0 fully saturated rings. The van der Waals surface area contributed by atoms with Crippen LogP contribution < -0.4 is 5.32 Å². The molecule has 2 aromatic carbocycles. The van der Waals surface area contributed by atoms with Gasteiger partial charge in [-0.25, -0.2) is 9.97 Å². The topological polar surface area (TPSA) is 37.8 Å². The second kappa shape index (κ2) is 8.57. The molecule has 2 aromatic heterocycles. The van der Waals surface area contributed by atoms with Crippen molar-refractivity contribution in [1.82, 2.24) is 9.97 Å². The highest BCUT2D eigenvalue weighted by Gasteiger charge is 2.32. The smallest absolute Gasteiger partial charge is 0.340 e. The van der Waals surface area contributed by atoms with E-state index in [4.69, 9.17) is 0 Å². The van der Waals surface area contributed by atoms with Crippen molar-refractivity contribution >= 4 is 11.5 Å². The maximum Gasteiger partial charge on any atom is 0.416 e. The fourth-order valence-electron chi connectivity index (χ4n) is 3.16. The van der Waals surface area contributed by atoms with E-state index in [1.165, 1.54) is 0 Å². The number of anilines is 2. The van der Waals surface area contributed by atoms with E-state index in [2.05, 4.69) is 15.3 Å². The molecule has 0 amide bonds. The molecule has 0 aliphatic carbocycles. The lowest BCUT2D eigenvalue weighted by Gasteiger charge is -2.13. The van der Waals surface area contributed by atoms with E-state index >= 15 is 0 Å². The molecule has 0 spiro atoms. The van der Waals surface area contributed by atoms with Crippen LogP contribution in [0, 0.1) is 0 Å². The zero-order chi connectivity index (χ0) is 23.6. The average Bonchev–Trinajstić information content (AvgIpc) is 2.79. The molecule has 0 aliphatic heterocycles. The predicted molar refractivity (Wildman–Crippen MR) is 113 cm³/mol. The molecule has 9 heteroatoms. The third-order valence-electron chi connectivity index (χ3n) is 4.76. The first-order chi connectivity index (χ1) is 15.6. The molecule has 0 atom stereocenters. The van der Waals surface area contributed by atoms with Crippen molar-refractivity contribution in [3.8, 4) is 22.5 Å². The summed E-state index contributed by atoms with van der Waals surface area (Å²) >= 11 is 0. The van der Waals surface area contributed by atoms with Crippen LogP contribution in [0.2, 0.25) is 0 Å². The van der Waals surface area contributed by atoms with Crippen molar-refractivity contribution in [3.05, 3.63) is 96.2 Å². The van der Waals surface area contributed by atoms with Gasteiger partial charge >= 0.3 is 12.4 Å². The number of nitrogens with one attached hydrogen (secondary N) is 1. The Hall–Kier alpha value is -3.88.